The van der Waals surface area contributed by atoms with E-state index in [-0.39, 0.29) is 11.4 Å². The number of hydrogen-bond acceptors (Lipinski definition) is 7. The van der Waals surface area contributed by atoms with Gasteiger partial charge in [0.15, 0.2) is 0 Å². The molecule has 3 heterocycles. The van der Waals surface area contributed by atoms with Gasteiger partial charge in [-0.25, -0.2) is 9.87 Å². The monoisotopic (exact) mass is 551 g/mol. The highest BCUT2D eigenvalue weighted by Gasteiger charge is 2.41. The van der Waals surface area contributed by atoms with Gasteiger partial charge < -0.3 is 9.64 Å². The Bertz CT molecular complexity index is 1160. The summed E-state index contributed by atoms with van der Waals surface area (Å²) in [5.74, 6) is 1.21. The van der Waals surface area contributed by atoms with Crippen molar-refractivity contribution in [3.8, 4) is 5.75 Å². The van der Waals surface area contributed by atoms with Gasteiger partial charge in [-0.3, -0.25) is 15.0 Å². The Kier molecular flexibility index (Phi) is 9.47. The van der Waals surface area contributed by atoms with Gasteiger partial charge in [0.1, 0.15) is 11.9 Å². The molecule has 6 nitrogen and oxygen atoms in total. The van der Waals surface area contributed by atoms with Gasteiger partial charge in [-0.1, -0.05) is 11.6 Å². The van der Waals surface area contributed by atoms with Crippen LogP contribution in [0.1, 0.15) is 43.8 Å². The lowest BCUT2D eigenvalue weighted by molar-refractivity contribution is -0.143. The molecule has 0 saturated carbocycles. The number of hydroxylamine groups is 1. The van der Waals surface area contributed by atoms with Crippen LogP contribution >= 0.6 is 34.7 Å². The Morgan fingerprint density at radius 3 is 2.89 bits per heavy atom. The minimum absolute atomic E-state index is 0.112. The molecule has 2 aromatic heterocycles. The van der Waals surface area contributed by atoms with Crippen molar-refractivity contribution in [2.24, 2.45) is 5.41 Å². The van der Waals surface area contributed by atoms with Gasteiger partial charge in [0.25, 0.3) is 0 Å². The van der Waals surface area contributed by atoms with E-state index in [9.17, 15) is 10.0 Å². The number of fused-ring (bicyclic) bond motifs is 1. The lowest BCUT2D eigenvalue weighted by atomic mass is 9.73. The number of pyridine rings is 1. The molecule has 1 saturated heterocycles. The van der Waals surface area contributed by atoms with Crippen molar-refractivity contribution in [1.29, 1.82) is 0 Å². The third kappa shape index (κ3) is 6.31. The second-order valence-electron chi connectivity index (χ2n) is 9.13. The van der Waals surface area contributed by atoms with E-state index >= 15 is 4.39 Å². The smallest absolute Gasteiger partial charge is 0.249 e. The molecule has 0 radical (unpaired) electrons. The van der Waals surface area contributed by atoms with Gasteiger partial charge in [-0.05, 0) is 87.1 Å². The number of thiophene rings is 1. The molecule has 2 N–H and O–H groups in total. The molecule has 0 spiro atoms. The number of nitrogens with one attached hydrogen (secondary N) is 1. The van der Waals surface area contributed by atoms with E-state index < -0.39 is 17.5 Å². The summed E-state index contributed by atoms with van der Waals surface area (Å²) in [5.41, 5.74) is 2.02. The van der Waals surface area contributed by atoms with Gasteiger partial charge in [-0.2, -0.15) is 11.3 Å². The van der Waals surface area contributed by atoms with E-state index in [0.29, 0.717) is 41.5 Å². The van der Waals surface area contributed by atoms with Crippen molar-refractivity contribution in [3.63, 3.8) is 0 Å². The molecule has 4 rings (SSSR count). The van der Waals surface area contributed by atoms with Crippen LogP contribution in [0, 0.1) is 5.41 Å². The number of methoxy groups -OCH3 is 1. The third-order valence-electron chi connectivity index (χ3n) is 7.04. The second kappa shape index (κ2) is 12.6. The number of aromatic nitrogens is 1. The van der Waals surface area contributed by atoms with Crippen LogP contribution in [0.5, 0.6) is 5.75 Å². The zero-order valence-corrected chi connectivity index (χ0v) is 22.6. The molecule has 1 aliphatic rings. The van der Waals surface area contributed by atoms with Crippen LogP contribution < -0.4 is 10.2 Å². The lowest BCUT2D eigenvalue weighted by Crippen LogP contribution is -2.48. The van der Waals surface area contributed by atoms with Gasteiger partial charge in [0.2, 0.25) is 5.91 Å². The summed E-state index contributed by atoms with van der Waals surface area (Å²) in [6.07, 6.45) is 2.70. The Labute approximate surface area is 224 Å². The van der Waals surface area contributed by atoms with Crippen LogP contribution in [0.4, 0.5) is 4.39 Å². The number of ether oxygens (including phenoxy) is 1. The predicted octanol–water partition coefficient (Wildman–Crippen LogP) is 6.52. The number of piperidine rings is 1. The number of thioether (sulfide) groups is 1. The van der Waals surface area contributed by atoms with Crippen molar-refractivity contribution >= 4 is 51.5 Å². The van der Waals surface area contributed by atoms with Crippen molar-refractivity contribution < 1.29 is 19.1 Å². The van der Waals surface area contributed by atoms with Crippen LogP contribution in [0.3, 0.4) is 0 Å². The van der Waals surface area contributed by atoms with Gasteiger partial charge in [0, 0.05) is 27.4 Å². The molecule has 0 bridgehead atoms. The SMILES string of the molecule is COc1ccc2ncc(Cl)c([C@H](F)CCC3(C(=O)NO)CCN(CCCSc4ccsc4)CC3)c2c1. The molecule has 3 aromatic rings. The minimum atomic E-state index is -1.38. The number of carbonyl (C=O) groups excluding carboxylic acids is 1. The van der Waals surface area contributed by atoms with Crippen molar-refractivity contribution in [2.45, 2.75) is 43.2 Å². The van der Waals surface area contributed by atoms with Crippen LogP contribution in [0.15, 0.2) is 46.1 Å². The molecule has 1 atom stereocenters. The molecule has 0 unspecified atom stereocenters. The number of nitrogens with zero attached hydrogens (tertiary/aromatic N) is 2. The molecule has 1 aromatic carbocycles. The van der Waals surface area contributed by atoms with Crippen molar-refractivity contribution in [1.82, 2.24) is 15.4 Å². The Balaban J connectivity index is 1.38. The Hall–Kier alpha value is -1.91. The Morgan fingerprint density at radius 2 is 2.19 bits per heavy atom. The molecule has 10 heteroatoms. The fraction of sp³-hybridized carbons (Fsp3) is 0.462. The van der Waals surface area contributed by atoms with Crippen LogP contribution in [0.25, 0.3) is 10.9 Å². The fourth-order valence-corrected chi connectivity index (χ4v) is 6.87. The van der Waals surface area contributed by atoms with E-state index in [1.807, 2.05) is 17.2 Å². The van der Waals surface area contributed by atoms with Crippen molar-refractivity contribution in [3.05, 3.63) is 51.8 Å². The van der Waals surface area contributed by atoms with Gasteiger partial charge in [0.05, 0.1) is 23.1 Å². The summed E-state index contributed by atoms with van der Waals surface area (Å²) in [5, 5.41) is 14.5. The summed E-state index contributed by atoms with van der Waals surface area (Å²) < 4.78 is 21.0. The number of likely N-dealkylation sites (tertiary alicyclic amines) is 1. The van der Waals surface area contributed by atoms with E-state index in [2.05, 4.69) is 26.7 Å². The van der Waals surface area contributed by atoms with Crippen LogP contribution in [-0.4, -0.2) is 53.5 Å². The first-order valence-electron chi connectivity index (χ1n) is 12.0. The summed E-state index contributed by atoms with van der Waals surface area (Å²) in [6, 6.07) is 7.42. The summed E-state index contributed by atoms with van der Waals surface area (Å²) in [7, 11) is 1.55. The largest absolute Gasteiger partial charge is 0.497 e. The zero-order valence-electron chi connectivity index (χ0n) is 20.2. The predicted molar refractivity (Wildman–Crippen MR) is 144 cm³/mol. The quantitative estimate of drug-likeness (QED) is 0.122. The molecule has 1 amide bonds. The first-order chi connectivity index (χ1) is 17.5. The van der Waals surface area contributed by atoms with E-state index in [0.717, 1.165) is 31.8 Å². The molecule has 1 aliphatic heterocycles. The molecule has 1 fully saturated rings. The second-order valence-corrected chi connectivity index (χ2v) is 11.5. The zero-order chi connectivity index (χ0) is 25.5. The number of hydrogen-bond donors (Lipinski definition) is 2. The normalized spacial score (nSPS) is 16.7. The van der Waals surface area contributed by atoms with E-state index in [1.165, 1.54) is 11.1 Å². The van der Waals surface area contributed by atoms with E-state index in [1.54, 1.807) is 36.6 Å². The maximum absolute atomic E-state index is 15.7. The maximum atomic E-state index is 15.7. The molecule has 194 valence electrons. The fourth-order valence-electron chi connectivity index (χ4n) is 4.89. The minimum Gasteiger partial charge on any atom is -0.497 e. The number of alkyl halides is 1. The molecule has 0 aliphatic carbocycles. The average molecular weight is 552 g/mol. The van der Waals surface area contributed by atoms with Crippen LogP contribution in [-0.2, 0) is 4.79 Å². The number of amides is 1. The lowest BCUT2D eigenvalue weighted by Gasteiger charge is -2.40. The highest BCUT2D eigenvalue weighted by Crippen LogP contribution is 2.42. The molecule has 36 heavy (non-hydrogen) atoms. The topological polar surface area (TPSA) is 74.7 Å². The third-order valence-corrected chi connectivity index (χ3v) is 9.25. The molecular formula is C26H31ClFN3O3S2. The highest BCUT2D eigenvalue weighted by molar-refractivity contribution is 7.99. The van der Waals surface area contributed by atoms with Gasteiger partial charge >= 0.3 is 0 Å². The number of halogens is 2. The Morgan fingerprint density at radius 1 is 1.39 bits per heavy atom. The van der Waals surface area contributed by atoms with E-state index in [4.69, 9.17) is 16.3 Å². The summed E-state index contributed by atoms with van der Waals surface area (Å²) in [4.78, 5) is 20.7. The number of rotatable bonds is 11. The average Bonchev–Trinajstić information content (AvgIpc) is 3.43. The van der Waals surface area contributed by atoms with Crippen LogP contribution in [0.2, 0.25) is 5.02 Å². The molecular weight excluding hydrogens is 521 g/mol. The number of benzene rings is 1. The summed E-state index contributed by atoms with van der Waals surface area (Å²) >= 11 is 9.95. The van der Waals surface area contributed by atoms with Gasteiger partial charge in [-0.15, -0.1) is 11.8 Å². The first kappa shape index (κ1) is 27.1. The van der Waals surface area contributed by atoms with Crippen molar-refractivity contribution in [2.75, 3.05) is 32.5 Å². The standard InChI is InChI=1S/C26H31ClFN3O3S2/c1-34-18-3-4-23-20(15-18)24(21(27)16-29-23)22(28)5-7-26(25(32)30-33)8-11-31(12-9-26)10-2-13-36-19-6-14-35-17-19/h3-4,6,14-17,22,33H,2,5,7-13H2,1H3,(H,30,32)/t22-/m1/s1. The number of carbonyl (C=O) groups is 1. The highest BCUT2D eigenvalue weighted by atomic mass is 35.5. The summed E-state index contributed by atoms with van der Waals surface area (Å²) in [6.45, 7) is 2.44. The first-order valence-corrected chi connectivity index (χ1v) is 14.3. The maximum Gasteiger partial charge on any atom is 0.249 e.